The minimum Gasteiger partial charge on any atom is -0.388 e. The van der Waals surface area contributed by atoms with Crippen LogP contribution >= 0.6 is 0 Å². The Morgan fingerprint density at radius 2 is 2.00 bits per heavy atom. The molecule has 0 spiro atoms. The van der Waals surface area contributed by atoms with Gasteiger partial charge in [0.1, 0.15) is 0 Å². The largest absolute Gasteiger partial charge is 0.388 e. The Labute approximate surface area is 93.5 Å². The van der Waals surface area contributed by atoms with E-state index in [0.717, 1.165) is 25.3 Å². The Morgan fingerprint density at radius 3 is 2.67 bits per heavy atom. The summed E-state index contributed by atoms with van der Waals surface area (Å²) < 4.78 is 0. The summed E-state index contributed by atoms with van der Waals surface area (Å²) in [6.45, 7) is 5.62. The van der Waals surface area contributed by atoms with Gasteiger partial charge >= 0.3 is 0 Å². The lowest BCUT2D eigenvalue weighted by Gasteiger charge is -2.47. The minimum absolute atomic E-state index is 0.344. The van der Waals surface area contributed by atoms with Crippen LogP contribution in [0.25, 0.3) is 0 Å². The van der Waals surface area contributed by atoms with Gasteiger partial charge in [0.05, 0.1) is 5.60 Å². The van der Waals surface area contributed by atoms with Crippen molar-refractivity contribution in [2.24, 2.45) is 11.8 Å². The molecule has 0 aromatic carbocycles. The summed E-state index contributed by atoms with van der Waals surface area (Å²) in [6, 6.07) is 0.344. The molecule has 1 saturated carbocycles. The van der Waals surface area contributed by atoms with Gasteiger partial charge in [-0.3, -0.25) is 0 Å². The van der Waals surface area contributed by atoms with Gasteiger partial charge in [-0.15, -0.1) is 0 Å². The third-order valence-corrected chi connectivity index (χ3v) is 4.59. The predicted molar refractivity (Wildman–Crippen MR) is 62.8 cm³/mol. The van der Waals surface area contributed by atoms with E-state index in [-0.39, 0.29) is 0 Å². The van der Waals surface area contributed by atoms with E-state index in [0.29, 0.717) is 12.0 Å². The number of nitrogens with one attached hydrogen (secondary N) is 1. The topological polar surface area (TPSA) is 32.3 Å². The molecule has 15 heavy (non-hydrogen) atoms. The van der Waals surface area contributed by atoms with Crippen molar-refractivity contribution in [2.75, 3.05) is 6.54 Å². The van der Waals surface area contributed by atoms with Gasteiger partial charge in [-0.2, -0.15) is 0 Å². The van der Waals surface area contributed by atoms with E-state index in [2.05, 4.69) is 19.2 Å². The van der Waals surface area contributed by atoms with Gasteiger partial charge in [0.15, 0.2) is 0 Å². The smallest absolute Gasteiger partial charge is 0.0825 e. The molecule has 2 rings (SSSR count). The van der Waals surface area contributed by atoms with E-state index in [4.69, 9.17) is 0 Å². The maximum Gasteiger partial charge on any atom is 0.0825 e. The third-order valence-electron chi connectivity index (χ3n) is 4.59. The van der Waals surface area contributed by atoms with Crippen LogP contribution in [0.15, 0.2) is 0 Å². The Bertz CT molecular complexity index is 219. The molecule has 2 N–H and O–H groups in total. The highest BCUT2D eigenvalue weighted by molar-refractivity contribution is 4.99. The van der Waals surface area contributed by atoms with Gasteiger partial charge in [0.25, 0.3) is 0 Å². The van der Waals surface area contributed by atoms with Gasteiger partial charge < -0.3 is 10.4 Å². The molecule has 0 radical (unpaired) electrons. The van der Waals surface area contributed by atoms with Crippen molar-refractivity contribution in [2.45, 2.75) is 64.0 Å². The fourth-order valence-corrected chi connectivity index (χ4v) is 3.36. The first-order valence-electron chi connectivity index (χ1n) is 6.58. The zero-order chi connectivity index (χ0) is 10.9. The van der Waals surface area contributed by atoms with Crippen molar-refractivity contribution in [3.05, 3.63) is 0 Å². The molecule has 2 fully saturated rings. The van der Waals surface area contributed by atoms with Crippen LogP contribution in [-0.2, 0) is 0 Å². The summed E-state index contributed by atoms with van der Waals surface area (Å²) in [5, 5.41) is 14.4. The second-order valence-corrected chi connectivity index (χ2v) is 5.77. The third kappa shape index (κ3) is 2.21. The molecule has 2 heteroatoms. The highest BCUT2D eigenvalue weighted by Gasteiger charge is 2.43. The molecule has 4 unspecified atom stereocenters. The van der Waals surface area contributed by atoms with Crippen LogP contribution in [-0.4, -0.2) is 23.3 Å². The van der Waals surface area contributed by atoms with Crippen LogP contribution in [0.1, 0.15) is 52.4 Å². The molecule has 1 aliphatic carbocycles. The number of hydrogen-bond donors (Lipinski definition) is 2. The molecule has 1 aliphatic heterocycles. The lowest BCUT2D eigenvalue weighted by atomic mass is 9.69. The molecule has 4 atom stereocenters. The van der Waals surface area contributed by atoms with Crippen molar-refractivity contribution < 1.29 is 5.11 Å². The van der Waals surface area contributed by atoms with E-state index < -0.39 is 5.60 Å². The van der Waals surface area contributed by atoms with Crippen molar-refractivity contribution in [1.29, 1.82) is 0 Å². The van der Waals surface area contributed by atoms with Crippen LogP contribution in [0.2, 0.25) is 0 Å². The van der Waals surface area contributed by atoms with Crippen LogP contribution in [0.4, 0.5) is 0 Å². The predicted octanol–water partition coefficient (Wildman–Crippen LogP) is 2.32. The van der Waals surface area contributed by atoms with E-state index in [9.17, 15) is 5.11 Å². The second kappa shape index (κ2) is 4.42. The van der Waals surface area contributed by atoms with Crippen LogP contribution < -0.4 is 5.32 Å². The standard InChI is InChI=1S/C13H25NO/c1-10-6-8-14-12(9-10)13(15)7-4-3-5-11(13)2/h10-12,14-15H,3-9H2,1-2H3. The lowest BCUT2D eigenvalue weighted by molar-refractivity contribution is -0.0809. The van der Waals surface area contributed by atoms with Gasteiger partial charge in [-0.25, -0.2) is 0 Å². The quantitative estimate of drug-likeness (QED) is 0.697. The molecule has 0 aromatic rings. The first kappa shape index (κ1) is 11.4. The lowest BCUT2D eigenvalue weighted by Crippen LogP contribution is -2.58. The van der Waals surface area contributed by atoms with Crippen molar-refractivity contribution >= 4 is 0 Å². The van der Waals surface area contributed by atoms with Crippen molar-refractivity contribution in [3.63, 3.8) is 0 Å². The molecule has 0 amide bonds. The summed E-state index contributed by atoms with van der Waals surface area (Å²) in [5.74, 6) is 1.24. The Balaban J connectivity index is 2.05. The van der Waals surface area contributed by atoms with E-state index in [1.54, 1.807) is 0 Å². The average Bonchev–Trinajstić information content (AvgIpc) is 2.23. The van der Waals surface area contributed by atoms with Crippen LogP contribution in [0.3, 0.4) is 0 Å². The highest BCUT2D eigenvalue weighted by Crippen LogP contribution is 2.39. The fourth-order valence-electron chi connectivity index (χ4n) is 3.36. The van der Waals surface area contributed by atoms with Crippen LogP contribution in [0, 0.1) is 11.8 Å². The first-order valence-corrected chi connectivity index (χ1v) is 6.58. The van der Waals surface area contributed by atoms with Crippen molar-refractivity contribution in [1.82, 2.24) is 5.32 Å². The Kier molecular flexibility index (Phi) is 3.36. The van der Waals surface area contributed by atoms with Crippen LogP contribution in [0.5, 0.6) is 0 Å². The first-order chi connectivity index (χ1) is 7.13. The highest BCUT2D eigenvalue weighted by atomic mass is 16.3. The summed E-state index contributed by atoms with van der Waals surface area (Å²) in [7, 11) is 0. The zero-order valence-electron chi connectivity index (χ0n) is 10.1. The summed E-state index contributed by atoms with van der Waals surface area (Å²) in [6.07, 6.45) is 7.11. The molecule has 2 aliphatic rings. The number of aliphatic hydroxyl groups is 1. The summed E-state index contributed by atoms with van der Waals surface area (Å²) >= 11 is 0. The molecule has 0 bridgehead atoms. The normalized spacial score (nSPS) is 47.8. The Hall–Kier alpha value is -0.0800. The second-order valence-electron chi connectivity index (χ2n) is 5.77. The molecule has 88 valence electrons. The summed E-state index contributed by atoms with van der Waals surface area (Å²) in [5.41, 5.74) is -0.424. The molecule has 0 aromatic heterocycles. The molecule has 1 heterocycles. The number of piperidine rings is 1. The van der Waals surface area contributed by atoms with E-state index >= 15 is 0 Å². The van der Waals surface area contributed by atoms with Gasteiger partial charge in [0.2, 0.25) is 0 Å². The molecular formula is C13H25NO. The summed E-state index contributed by atoms with van der Waals surface area (Å²) in [4.78, 5) is 0. The maximum atomic E-state index is 10.8. The monoisotopic (exact) mass is 211 g/mol. The maximum absolute atomic E-state index is 10.8. The van der Waals surface area contributed by atoms with E-state index in [1.165, 1.54) is 25.7 Å². The SMILES string of the molecule is CC1CCNC(C2(O)CCCCC2C)C1. The molecular weight excluding hydrogens is 186 g/mol. The van der Waals surface area contributed by atoms with Crippen molar-refractivity contribution in [3.8, 4) is 0 Å². The van der Waals surface area contributed by atoms with Gasteiger partial charge in [-0.05, 0) is 44.1 Å². The molecule has 2 nitrogen and oxygen atoms in total. The number of hydrogen-bond acceptors (Lipinski definition) is 2. The number of rotatable bonds is 1. The van der Waals surface area contributed by atoms with E-state index in [1.807, 2.05) is 0 Å². The molecule has 1 saturated heterocycles. The fraction of sp³-hybridized carbons (Fsp3) is 1.00. The van der Waals surface area contributed by atoms with Gasteiger partial charge in [-0.1, -0.05) is 26.7 Å². The van der Waals surface area contributed by atoms with Gasteiger partial charge in [0, 0.05) is 6.04 Å². The Morgan fingerprint density at radius 1 is 1.20 bits per heavy atom. The average molecular weight is 211 g/mol. The minimum atomic E-state index is -0.424. The zero-order valence-corrected chi connectivity index (χ0v) is 10.1.